The summed E-state index contributed by atoms with van der Waals surface area (Å²) in [6, 6.07) is 22.8. The van der Waals surface area contributed by atoms with Crippen LogP contribution >= 0.6 is 12.4 Å². The predicted molar refractivity (Wildman–Crippen MR) is 92.2 cm³/mol. The van der Waals surface area contributed by atoms with E-state index in [1.165, 1.54) is 30.4 Å². The van der Waals surface area contributed by atoms with Crippen molar-refractivity contribution in [1.82, 2.24) is 4.90 Å². The molecule has 112 valence electrons. The minimum Gasteiger partial charge on any atom is -0.306 e. The van der Waals surface area contributed by atoms with Gasteiger partial charge < -0.3 is 4.90 Å². The minimum absolute atomic E-state index is 0. The maximum atomic E-state index is 2.38. The van der Waals surface area contributed by atoms with Gasteiger partial charge in [-0.2, -0.15) is 0 Å². The number of hydrogen-bond acceptors (Lipinski definition) is 1. The first-order chi connectivity index (χ1) is 9.72. The molecule has 3 rings (SSSR count). The maximum absolute atomic E-state index is 2.38. The summed E-state index contributed by atoms with van der Waals surface area (Å²) in [7, 11) is 4.41. The van der Waals surface area contributed by atoms with Gasteiger partial charge in [-0.25, -0.2) is 0 Å². The van der Waals surface area contributed by atoms with E-state index in [1.807, 2.05) is 0 Å². The average Bonchev–Trinajstić information content (AvgIpc) is 2.96. The molecule has 2 aromatic rings. The molecule has 2 aromatic carbocycles. The Bertz CT molecular complexity index is 511. The van der Waals surface area contributed by atoms with E-state index in [-0.39, 0.29) is 17.8 Å². The summed E-state index contributed by atoms with van der Waals surface area (Å²) >= 11 is 0. The van der Waals surface area contributed by atoms with Crippen LogP contribution in [-0.4, -0.2) is 25.0 Å². The number of rotatable bonds is 3. The van der Waals surface area contributed by atoms with Crippen LogP contribution in [0.5, 0.6) is 0 Å². The van der Waals surface area contributed by atoms with Crippen molar-refractivity contribution in [2.24, 2.45) is 0 Å². The molecule has 21 heavy (non-hydrogen) atoms. The molecule has 0 radical (unpaired) electrons. The highest BCUT2D eigenvalue weighted by atomic mass is 35.5. The number of nitrogens with zero attached hydrogens (tertiary/aromatic N) is 1. The van der Waals surface area contributed by atoms with Gasteiger partial charge in [0.2, 0.25) is 0 Å². The van der Waals surface area contributed by atoms with Crippen LogP contribution in [0.2, 0.25) is 0 Å². The molecule has 1 fully saturated rings. The standard InChI is InChI=1S/C19H23N.ClH/c1-20(2)18-13-14-19(15-18,16-9-5-3-6-10-16)17-11-7-4-8-12-17;/h3-12,18H,13-15H2,1-2H3;1H. The van der Waals surface area contributed by atoms with Gasteiger partial charge in [-0.15, -0.1) is 12.4 Å². The first-order valence-electron chi connectivity index (χ1n) is 7.50. The molecule has 1 atom stereocenters. The van der Waals surface area contributed by atoms with E-state index in [0.717, 1.165) is 0 Å². The zero-order valence-electron chi connectivity index (χ0n) is 12.8. The molecular formula is C19H24ClN. The van der Waals surface area contributed by atoms with E-state index in [9.17, 15) is 0 Å². The molecule has 0 aromatic heterocycles. The Balaban J connectivity index is 0.00000161. The second-order valence-corrected chi connectivity index (χ2v) is 6.17. The molecule has 0 bridgehead atoms. The van der Waals surface area contributed by atoms with Crippen molar-refractivity contribution in [3.8, 4) is 0 Å². The van der Waals surface area contributed by atoms with Crippen molar-refractivity contribution in [3.05, 3.63) is 71.8 Å². The van der Waals surface area contributed by atoms with E-state index >= 15 is 0 Å². The fourth-order valence-corrected chi connectivity index (χ4v) is 3.67. The predicted octanol–water partition coefficient (Wildman–Crippen LogP) is 4.51. The Hall–Kier alpha value is -1.31. The smallest absolute Gasteiger partial charge is 0.0218 e. The number of halogens is 1. The summed E-state index contributed by atoms with van der Waals surface area (Å²) < 4.78 is 0. The molecule has 0 N–H and O–H groups in total. The zero-order valence-corrected chi connectivity index (χ0v) is 13.6. The minimum atomic E-state index is 0. The second kappa shape index (κ2) is 6.64. The Morgan fingerprint density at radius 3 is 1.71 bits per heavy atom. The summed E-state index contributed by atoms with van der Waals surface area (Å²) in [5, 5.41) is 0. The molecular weight excluding hydrogens is 278 g/mol. The highest BCUT2D eigenvalue weighted by molar-refractivity contribution is 5.85. The van der Waals surface area contributed by atoms with Gasteiger partial charge in [0, 0.05) is 11.5 Å². The van der Waals surface area contributed by atoms with Gasteiger partial charge in [0.15, 0.2) is 0 Å². The lowest BCUT2D eigenvalue weighted by molar-refractivity contribution is 0.289. The van der Waals surface area contributed by atoms with Gasteiger partial charge in [0.05, 0.1) is 0 Å². The van der Waals surface area contributed by atoms with Gasteiger partial charge in [-0.1, -0.05) is 60.7 Å². The Kier molecular flexibility index (Phi) is 5.08. The lowest BCUT2D eigenvalue weighted by Crippen LogP contribution is -2.30. The second-order valence-electron chi connectivity index (χ2n) is 6.17. The monoisotopic (exact) mass is 301 g/mol. The van der Waals surface area contributed by atoms with Crippen molar-refractivity contribution in [3.63, 3.8) is 0 Å². The summed E-state index contributed by atoms with van der Waals surface area (Å²) in [5.74, 6) is 0. The lowest BCUT2D eigenvalue weighted by Gasteiger charge is -2.32. The van der Waals surface area contributed by atoms with Crippen molar-refractivity contribution in [2.45, 2.75) is 30.7 Å². The van der Waals surface area contributed by atoms with Gasteiger partial charge in [-0.3, -0.25) is 0 Å². The fraction of sp³-hybridized carbons (Fsp3) is 0.368. The van der Waals surface area contributed by atoms with Crippen LogP contribution in [0.4, 0.5) is 0 Å². The van der Waals surface area contributed by atoms with E-state index in [0.29, 0.717) is 6.04 Å². The largest absolute Gasteiger partial charge is 0.306 e. The molecule has 1 aliphatic carbocycles. The van der Waals surface area contributed by atoms with E-state index in [1.54, 1.807) is 0 Å². The van der Waals surface area contributed by atoms with E-state index in [4.69, 9.17) is 0 Å². The normalized spacial score (nSPS) is 20.2. The van der Waals surface area contributed by atoms with Gasteiger partial charge in [-0.05, 0) is 44.5 Å². The van der Waals surface area contributed by atoms with Gasteiger partial charge in [0.1, 0.15) is 0 Å². The summed E-state index contributed by atoms with van der Waals surface area (Å²) in [6.45, 7) is 0. The van der Waals surface area contributed by atoms with Crippen LogP contribution in [0.25, 0.3) is 0 Å². The van der Waals surface area contributed by atoms with Gasteiger partial charge in [0.25, 0.3) is 0 Å². The van der Waals surface area contributed by atoms with Crippen molar-refractivity contribution in [1.29, 1.82) is 0 Å². The van der Waals surface area contributed by atoms with Crippen molar-refractivity contribution < 1.29 is 0 Å². The molecule has 2 heteroatoms. The Labute approximate surface area is 134 Å². The average molecular weight is 302 g/mol. The van der Waals surface area contributed by atoms with Crippen LogP contribution in [0.3, 0.4) is 0 Å². The molecule has 1 nitrogen and oxygen atoms in total. The van der Waals surface area contributed by atoms with Crippen LogP contribution < -0.4 is 0 Å². The summed E-state index contributed by atoms with van der Waals surface area (Å²) in [5.41, 5.74) is 3.13. The van der Waals surface area contributed by atoms with E-state index < -0.39 is 0 Å². The molecule has 1 saturated carbocycles. The Morgan fingerprint density at radius 2 is 1.33 bits per heavy atom. The van der Waals surface area contributed by atoms with Gasteiger partial charge >= 0.3 is 0 Å². The topological polar surface area (TPSA) is 3.24 Å². The third-order valence-corrected chi connectivity index (χ3v) is 4.87. The molecule has 0 spiro atoms. The third-order valence-electron chi connectivity index (χ3n) is 4.87. The van der Waals surface area contributed by atoms with Crippen molar-refractivity contribution in [2.75, 3.05) is 14.1 Å². The lowest BCUT2D eigenvalue weighted by atomic mass is 9.73. The molecule has 0 saturated heterocycles. The number of benzene rings is 2. The highest BCUT2D eigenvalue weighted by Gasteiger charge is 2.42. The van der Waals surface area contributed by atoms with Crippen molar-refractivity contribution >= 4 is 12.4 Å². The van der Waals surface area contributed by atoms with Crippen LogP contribution in [0.1, 0.15) is 30.4 Å². The number of hydrogen-bond donors (Lipinski definition) is 0. The molecule has 0 aliphatic heterocycles. The van der Waals surface area contributed by atoms with Crippen LogP contribution in [0.15, 0.2) is 60.7 Å². The highest BCUT2D eigenvalue weighted by Crippen LogP contribution is 2.47. The summed E-state index contributed by atoms with van der Waals surface area (Å²) in [4.78, 5) is 2.38. The maximum Gasteiger partial charge on any atom is 0.0218 e. The quantitative estimate of drug-likeness (QED) is 0.806. The summed E-state index contributed by atoms with van der Waals surface area (Å²) in [6.07, 6.45) is 3.73. The molecule has 0 amide bonds. The third kappa shape index (κ3) is 3.00. The van der Waals surface area contributed by atoms with Crippen LogP contribution in [-0.2, 0) is 5.41 Å². The first kappa shape index (κ1) is 16.1. The zero-order chi connectivity index (χ0) is 14.0. The Morgan fingerprint density at radius 1 is 0.857 bits per heavy atom. The molecule has 0 heterocycles. The molecule has 1 aliphatic rings. The van der Waals surface area contributed by atoms with Crippen LogP contribution in [0, 0.1) is 0 Å². The first-order valence-corrected chi connectivity index (χ1v) is 7.50. The molecule has 1 unspecified atom stereocenters. The SMILES string of the molecule is CN(C)C1CCC(c2ccccc2)(c2ccccc2)C1.Cl. The van der Waals surface area contributed by atoms with E-state index in [2.05, 4.69) is 79.7 Å². The fourth-order valence-electron chi connectivity index (χ4n) is 3.67.